The largest absolute Gasteiger partial charge is 0.399 e. The molecule has 0 spiro atoms. The van der Waals surface area contributed by atoms with E-state index >= 15 is 0 Å². The van der Waals surface area contributed by atoms with Gasteiger partial charge in [-0.3, -0.25) is 9.69 Å². The van der Waals surface area contributed by atoms with Gasteiger partial charge in [-0.1, -0.05) is 15.9 Å². The van der Waals surface area contributed by atoms with Crippen LogP contribution in [-0.4, -0.2) is 42.6 Å². The molecule has 5 nitrogen and oxygen atoms in total. The Bertz CT molecular complexity index is 487. The minimum atomic E-state index is -0.249. The second-order valence-electron chi connectivity index (χ2n) is 5.62. The molecule has 0 saturated carbocycles. The lowest BCUT2D eigenvalue weighted by Crippen LogP contribution is -2.54. The van der Waals surface area contributed by atoms with E-state index in [0.29, 0.717) is 19.8 Å². The van der Waals surface area contributed by atoms with E-state index in [-0.39, 0.29) is 18.0 Å². The van der Waals surface area contributed by atoms with Gasteiger partial charge in [-0.15, -0.1) is 0 Å². The molecule has 116 valence electrons. The molecule has 2 rings (SSSR count). The third-order valence-corrected chi connectivity index (χ3v) is 3.80. The van der Waals surface area contributed by atoms with E-state index in [1.165, 1.54) is 0 Å². The van der Waals surface area contributed by atoms with Crippen molar-refractivity contribution in [2.24, 2.45) is 0 Å². The molecule has 1 aliphatic rings. The molecule has 1 unspecified atom stereocenters. The summed E-state index contributed by atoms with van der Waals surface area (Å²) in [5.74, 6) is 0.0210. The Morgan fingerprint density at radius 3 is 2.95 bits per heavy atom. The maximum Gasteiger partial charge on any atom is 0.239 e. The fraction of sp³-hybridized carbons (Fsp3) is 0.533. The molecule has 0 aromatic heterocycles. The number of nitrogen functional groups attached to an aromatic ring is 1. The van der Waals surface area contributed by atoms with Crippen molar-refractivity contribution in [1.82, 2.24) is 10.2 Å². The van der Waals surface area contributed by atoms with Crippen molar-refractivity contribution in [2.75, 3.05) is 25.5 Å². The topological polar surface area (TPSA) is 67.6 Å². The molecule has 1 aliphatic heterocycles. The summed E-state index contributed by atoms with van der Waals surface area (Å²) >= 11 is 3.45. The first kappa shape index (κ1) is 16.3. The number of hydrogen-bond acceptors (Lipinski definition) is 4. The quantitative estimate of drug-likeness (QED) is 0.807. The van der Waals surface area contributed by atoms with Crippen molar-refractivity contribution in [3.8, 4) is 0 Å². The van der Waals surface area contributed by atoms with Gasteiger partial charge in [0, 0.05) is 29.3 Å². The van der Waals surface area contributed by atoms with Gasteiger partial charge < -0.3 is 15.8 Å². The molecule has 0 bridgehead atoms. The number of carbonyl (C=O) groups is 1. The second kappa shape index (κ2) is 7.24. The van der Waals surface area contributed by atoms with E-state index in [4.69, 9.17) is 10.5 Å². The highest BCUT2D eigenvalue weighted by molar-refractivity contribution is 9.10. The summed E-state index contributed by atoms with van der Waals surface area (Å²) in [4.78, 5) is 14.4. The number of benzene rings is 1. The van der Waals surface area contributed by atoms with Crippen LogP contribution < -0.4 is 11.1 Å². The van der Waals surface area contributed by atoms with E-state index in [2.05, 4.69) is 26.1 Å². The molecule has 21 heavy (non-hydrogen) atoms. The van der Waals surface area contributed by atoms with Gasteiger partial charge in [-0.25, -0.2) is 0 Å². The molecule has 0 radical (unpaired) electrons. The Hall–Kier alpha value is -1.11. The lowest BCUT2D eigenvalue weighted by Gasteiger charge is -2.35. The highest BCUT2D eigenvalue weighted by Crippen LogP contribution is 2.20. The Morgan fingerprint density at radius 1 is 1.52 bits per heavy atom. The first-order chi connectivity index (χ1) is 9.95. The number of anilines is 1. The average molecular weight is 356 g/mol. The molecule has 1 saturated heterocycles. The van der Waals surface area contributed by atoms with Crippen LogP contribution in [0.1, 0.15) is 19.4 Å². The number of nitrogens with zero attached hydrogens (tertiary/aromatic N) is 1. The second-order valence-corrected chi connectivity index (χ2v) is 6.53. The average Bonchev–Trinajstić information content (AvgIpc) is 2.37. The summed E-state index contributed by atoms with van der Waals surface area (Å²) in [6, 6.07) is 5.72. The van der Waals surface area contributed by atoms with Crippen LogP contribution in [0.2, 0.25) is 0 Å². The molecule has 3 N–H and O–H groups in total. The van der Waals surface area contributed by atoms with Gasteiger partial charge in [0.05, 0.1) is 13.2 Å². The van der Waals surface area contributed by atoms with E-state index in [1.54, 1.807) is 0 Å². The monoisotopic (exact) mass is 355 g/mol. The van der Waals surface area contributed by atoms with Crippen LogP contribution in [0, 0.1) is 0 Å². The number of morpholine rings is 1. The lowest BCUT2D eigenvalue weighted by atomic mass is 10.1. The van der Waals surface area contributed by atoms with Gasteiger partial charge in [0.15, 0.2) is 0 Å². The fourth-order valence-corrected chi connectivity index (χ4v) is 3.01. The predicted octanol–water partition coefficient (Wildman–Crippen LogP) is 1.76. The number of carbonyl (C=O) groups excluding carboxylic acids is 1. The predicted molar refractivity (Wildman–Crippen MR) is 86.9 cm³/mol. The maximum atomic E-state index is 12.3. The summed E-state index contributed by atoms with van der Waals surface area (Å²) in [5, 5.41) is 2.96. The third-order valence-electron chi connectivity index (χ3n) is 3.34. The number of hydrogen-bond donors (Lipinski definition) is 2. The van der Waals surface area contributed by atoms with Crippen molar-refractivity contribution in [3.05, 3.63) is 28.2 Å². The van der Waals surface area contributed by atoms with E-state index in [0.717, 1.165) is 22.3 Å². The molecule has 1 fully saturated rings. The Balaban J connectivity index is 2.09. The normalized spacial score (nSPS) is 19.7. The highest BCUT2D eigenvalue weighted by Gasteiger charge is 2.29. The van der Waals surface area contributed by atoms with Crippen LogP contribution in [0.25, 0.3) is 0 Å². The van der Waals surface area contributed by atoms with Gasteiger partial charge in [0.25, 0.3) is 0 Å². The van der Waals surface area contributed by atoms with Crippen molar-refractivity contribution >= 4 is 27.5 Å². The number of ether oxygens (including phenoxy) is 1. The molecule has 1 atom stereocenters. The molecular weight excluding hydrogens is 334 g/mol. The molecule has 1 amide bonds. The van der Waals surface area contributed by atoms with Crippen LogP contribution in [0.3, 0.4) is 0 Å². The summed E-state index contributed by atoms with van der Waals surface area (Å²) in [7, 11) is 0. The molecular formula is C15H22BrN3O2. The Kier molecular flexibility index (Phi) is 5.61. The maximum absolute atomic E-state index is 12.3. The first-order valence-corrected chi connectivity index (χ1v) is 7.92. The van der Waals surface area contributed by atoms with E-state index < -0.39 is 0 Å². The van der Waals surface area contributed by atoms with Crippen LogP contribution in [0.15, 0.2) is 22.7 Å². The van der Waals surface area contributed by atoms with Crippen LogP contribution in [0.4, 0.5) is 5.69 Å². The van der Waals surface area contributed by atoms with E-state index in [1.807, 2.05) is 32.0 Å². The molecule has 0 aliphatic carbocycles. The zero-order valence-corrected chi connectivity index (χ0v) is 14.0. The van der Waals surface area contributed by atoms with Gasteiger partial charge >= 0.3 is 0 Å². The Labute approximate surface area is 134 Å². The van der Waals surface area contributed by atoms with E-state index in [9.17, 15) is 4.79 Å². The smallest absolute Gasteiger partial charge is 0.239 e. The standard InChI is InChI=1S/C15H22BrN3O2/c1-10(2)18-15(20)14-9-21-4-3-19(14)8-11-5-12(16)7-13(17)6-11/h5-7,10,14H,3-4,8-9,17H2,1-2H3,(H,18,20). The third kappa shape index (κ3) is 4.69. The zero-order chi connectivity index (χ0) is 15.4. The number of nitrogens with one attached hydrogen (secondary N) is 1. The van der Waals surface area contributed by atoms with Crippen LogP contribution in [0.5, 0.6) is 0 Å². The van der Waals surface area contributed by atoms with Crippen LogP contribution in [-0.2, 0) is 16.1 Å². The van der Waals surface area contributed by atoms with Crippen molar-refractivity contribution in [2.45, 2.75) is 32.5 Å². The molecule has 1 aromatic carbocycles. The zero-order valence-electron chi connectivity index (χ0n) is 12.4. The number of amides is 1. The number of nitrogens with two attached hydrogens (primary N) is 1. The van der Waals surface area contributed by atoms with Crippen molar-refractivity contribution < 1.29 is 9.53 Å². The minimum absolute atomic E-state index is 0.0210. The van der Waals surface area contributed by atoms with Gasteiger partial charge in [-0.05, 0) is 37.6 Å². The van der Waals surface area contributed by atoms with Crippen LogP contribution >= 0.6 is 15.9 Å². The Morgan fingerprint density at radius 2 is 2.29 bits per heavy atom. The molecule has 6 heteroatoms. The van der Waals surface area contributed by atoms with Crippen molar-refractivity contribution in [1.29, 1.82) is 0 Å². The molecule has 1 aromatic rings. The van der Waals surface area contributed by atoms with Gasteiger partial charge in [0.2, 0.25) is 5.91 Å². The number of halogens is 1. The molecule has 1 heterocycles. The summed E-state index contributed by atoms with van der Waals surface area (Å²) in [6.07, 6.45) is 0. The SMILES string of the molecule is CC(C)NC(=O)C1COCCN1Cc1cc(N)cc(Br)c1. The lowest BCUT2D eigenvalue weighted by molar-refractivity contribution is -0.133. The fourth-order valence-electron chi connectivity index (χ4n) is 2.45. The highest BCUT2D eigenvalue weighted by atomic mass is 79.9. The van der Waals surface area contributed by atoms with Gasteiger partial charge in [0.1, 0.15) is 6.04 Å². The minimum Gasteiger partial charge on any atom is -0.399 e. The summed E-state index contributed by atoms with van der Waals surface area (Å²) in [6.45, 7) is 6.42. The first-order valence-electron chi connectivity index (χ1n) is 7.13. The van der Waals surface area contributed by atoms with Gasteiger partial charge in [-0.2, -0.15) is 0 Å². The number of rotatable bonds is 4. The summed E-state index contributed by atoms with van der Waals surface area (Å²) < 4.78 is 6.42. The summed E-state index contributed by atoms with van der Waals surface area (Å²) in [5.41, 5.74) is 7.68. The van der Waals surface area contributed by atoms with Crippen molar-refractivity contribution in [3.63, 3.8) is 0 Å².